The molecule has 0 aliphatic rings. The van der Waals surface area contributed by atoms with Gasteiger partial charge in [0.15, 0.2) is 0 Å². The summed E-state index contributed by atoms with van der Waals surface area (Å²) in [7, 11) is 0. The van der Waals surface area contributed by atoms with E-state index in [-0.39, 0.29) is 0 Å². The molecular weight excluding hydrogens is 202 g/mol. The molecule has 1 N–H and O–H groups in total. The second kappa shape index (κ2) is 5.21. The first-order valence-corrected chi connectivity index (χ1v) is 5.35. The zero-order valence-corrected chi connectivity index (χ0v) is 9.26. The molecule has 0 saturated carbocycles. The summed E-state index contributed by atoms with van der Waals surface area (Å²) in [6, 6.07) is 3.80. The van der Waals surface area contributed by atoms with E-state index in [1.807, 2.05) is 41.4 Å². The Balaban J connectivity index is 1.79. The number of furan rings is 1. The van der Waals surface area contributed by atoms with Gasteiger partial charge in [-0.25, -0.2) is 0 Å². The molecule has 2 aromatic heterocycles. The number of aryl methyl sites for hydroxylation is 1. The van der Waals surface area contributed by atoms with Crippen LogP contribution in [0.3, 0.4) is 0 Å². The highest BCUT2D eigenvalue weighted by molar-refractivity contribution is 5.45. The van der Waals surface area contributed by atoms with E-state index in [2.05, 4.69) is 17.3 Å². The molecule has 0 unspecified atom stereocenters. The molecule has 0 fully saturated rings. The number of hydrogen-bond donors (Lipinski definition) is 1. The Morgan fingerprint density at radius 1 is 1.56 bits per heavy atom. The quantitative estimate of drug-likeness (QED) is 0.837. The lowest BCUT2D eigenvalue weighted by atomic mass is 10.4. The third-order valence-corrected chi connectivity index (χ3v) is 2.21. The molecular formula is C12H15N3O. The fraction of sp³-hybridized carbons (Fsp3) is 0.250. The SMILES string of the molecule is CCn1cc(NC/C=C/c2ccco2)cn1. The number of rotatable bonds is 5. The fourth-order valence-corrected chi connectivity index (χ4v) is 1.37. The first-order valence-electron chi connectivity index (χ1n) is 5.35. The van der Waals surface area contributed by atoms with Gasteiger partial charge in [-0.15, -0.1) is 0 Å². The van der Waals surface area contributed by atoms with E-state index in [1.54, 1.807) is 6.26 Å². The molecule has 84 valence electrons. The molecule has 0 amide bonds. The lowest BCUT2D eigenvalue weighted by molar-refractivity contribution is 0.557. The van der Waals surface area contributed by atoms with Crippen molar-refractivity contribution in [2.24, 2.45) is 0 Å². The van der Waals surface area contributed by atoms with Crippen LogP contribution in [-0.2, 0) is 6.54 Å². The average Bonchev–Trinajstić information content (AvgIpc) is 2.95. The standard InChI is InChI=1S/C12H15N3O/c1-2-15-10-11(9-14-15)13-7-3-5-12-6-4-8-16-12/h3-6,8-10,13H,2,7H2,1H3/b5-3+. The van der Waals surface area contributed by atoms with E-state index in [9.17, 15) is 0 Å². The fourth-order valence-electron chi connectivity index (χ4n) is 1.37. The largest absolute Gasteiger partial charge is 0.465 e. The molecule has 0 atom stereocenters. The normalized spacial score (nSPS) is 11.1. The molecule has 0 spiro atoms. The Hall–Kier alpha value is -1.97. The first kappa shape index (κ1) is 10.5. The first-order chi connectivity index (χ1) is 7.88. The van der Waals surface area contributed by atoms with Crippen LogP contribution in [-0.4, -0.2) is 16.3 Å². The topological polar surface area (TPSA) is 43.0 Å². The highest BCUT2D eigenvalue weighted by Gasteiger charge is 1.93. The molecule has 16 heavy (non-hydrogen) atoms. The molecule has 0 saturated heterocycles. The van der Waals surface area contributed by atoms with Crippen LogP contribution in [0, 0.1) is 0 Å². The van der Waals surface area contributed by atoms with Crippen molar-refractivity contribution in [1.29, 1.82) is 0 Å². The smallest absolute Gasteiger partial charge is 0.126 e. The van der Waals surface area contributed by atoms with Gasteiger partial charge in [0.25, 0.3) is 0 Å². The summed E-state index contributed by atoms with van der Waals surface area (Å²) >= 11 is 0. The van der Waals surface area contributed by atoms with Crippen LogP contribution >= 0.6 is 0 Å². The van der Waals surface area contributed by atoms with Gasteiger partial charge in [0, 0.05) is 19.3 Å². The average molecular weight is 217 g/mol. The summed E-state index contributed by atoms with van der Waals surface area (Å²) in [5.41, 5.74) is 1.03. The Bertz CT molecular complexity index is 443. The Morgan fingerprint density at radius 2 is 2.50 bits per heavy atom. The molecule has 2 rings (SSSR count). The summed E-state index contributed by atoms with van der Waals surface area (Å²) in [5, 5.41) is 7.42. The zero-order chi connectivity index (χ0) is 11.2. The molecule has 4 heteroatoms. The lowest BCUT2D eigenvalue weighted by Crippen LogP contribution is -1.97. The van der Waals surface area contributed by atoms with E-state index in [1.165, 1.54) is 0 Å². The predicted molar refractivity (Wildman–Crippen MR) is 64.1 cm³/mol. The van der Waals surface area contributed by atoms with Crippen LogP contribution in [0.15, 0.2) is 41.3 Å². The van der Waals surface area contributed by atoms with Crippen molar-refractivity contribution in [2.75, 3.05) is 11.9 Å². The molecule has 2 aromatic rings. The molecule has 0 aromatic carbocycles. The van der Waals surface area contributed by atoms with Gasteiger partial charge >= 0.3 is 0 Å². The van der Waals surface area contributed by atoms with Crippen LogP contribution < -0.4 is 5.32 Å². The molecule has 2 heterocycles. The van der Waals surface area contributed by atoms with Crippen LogP contribution in [0.5, 0.6) is 0 Å². The molecule has 0 aliphatic carbocycles. The van der Waals surface area contributed by atoms with Crippen molar-refractivity contribution in [3.05, 3.63) is 42.6 Å². The van der Waals surface area contributed by atoms with Crippen LogP contribution in [0.25, 0.3) is 6.08 Å². The van der Waals surface area contributed by atoms with Gasteiger partial charge in [-0.3, -0.25) is 4.68 Å². The monoisotopic (exact) mass is 217 g/mol. The van der Waals surface area contributed by atoms with Gasteiger partial charge in [0.1, 0.15) is 5.76 Å². The third kappa shape index (κ3) is 2.76. The Morgan fingerprint density at radius 3 is 3.19 bits per heavy atom. The minimum absolute atomic E-state index is 0.760. The van der Waals surface area contributed by atoms with Crippen molar-refractivity contribution in [3.63, 3.8) is 0 Å². The van der Waals surface area contributed by atoms with Gasteiger partial charge in [-0.05, 0) is 25.1 Å². The highest BCUT2D eigenvalue weighted by atomic mass is 16.3. The molecule has 0 radical (unpaired) electrons. The summed E-state index contributed by atoms with van der Waals surface area (Å²) in [4.78, 5) is 0. The lowest BCUT2D eigenvalue weighted by Gasteiger charge is -1.97. The van der Waals surface area contributed by atoms with E-state index in [4.69, 9.17) is 4.42 Å². The van der Waals surface area contributed by atoms with E-state index < -0.39 is 0 Å². The Kier molecular flexibility index (Phi) is 3.43. The van der Waals surface area contributed by atoms with E-state index in [0.29, 0.717) is 0 Å². The van der Waals surface area contributed by atoms with Gasteiger partial charge in [-0.1, -0.05) is 6.08 Å². The number of nitrogens with zero attached hydrogens (tertiary/aromatic N) is 2. The van der Waals surface area contributed by atoms with E-state index >= 15 is 0 Å². The minimum atomic E-state index is 0.760. The van der Waals surface area contributed by atoms with Gasteiger partial charge in [0.2, 0.25) is 0 Å². The summed E-state index contributed by atoms with van der Waals surface area (Å²) in [6.07, 6.45) is 9.43. The highest BCUT2D eigenvalue weighted by Crippen LogP contribution is 2.05. The maximum atomic E-state index is 5.18. The van der Waals surface area contributed by atoms with Crippen molar-refractivity contribution in [1.82, 2.24) is 9.78 Å². The zero-order valence-electron chi connectivity index (χ0n) is 9.26. The molecule has 4 nitrogen and oxygen atoms in total. The molecule has 0 aliphatic heterocycles. The van der Waals surface area contributed by atoms with Crippen molar-refractivity contribution in [3.8, 4) is 0 Å². The Labute approximate surface area is 94.6 Å². The van der Waals surface area contributed by atoms with Crippen LogP contribution in [0.4, 0.5) is 5.69 Å². The van der Waals surface area contributed by atoms with Gasteiger partial charge in [0.05, 0.1) is 18.1 Å². The number of nitrogens with one attached hydrogen (secondary N) is 1. The molecule has 0 bridgehead atoms. The van der Waals surface area contributed by atoms with E-state index in [0.717, 1.165) is 24.5 Å². The minimum Gasteiger partial charge on any atom is -0.465 e. The summed E-state index contributed by atoms with van der Waals surface area (Å²) in [6.45, 7) is 3.72. The number of anilines is 1. The van der Waals surface area contributed by atoms with Crippen LogP contribution in [0.1, 0.15) is 12.7 Å². The van der Waals surface area contributed by atoms with Crippen LogP contribution in [0.2, 0.25) is 0 Å². The second-order valence-corrected chi connectivity index (χ2v) is 3.38. The van der Waals surface area contributed by atoms with Gasteiger partial charge < -0.3 is 9.73 Å². The summed E-state index contributed by atoms with van der Waals surface area (Å²) < 4.78 is 7.06. The van der Waals surface area contributed by atoms with Gasteiger partial charge in [-0.2, -0.15) is 5.10 Å². The second-order valence-electron chi connectivity index (χ2n) is 3.38. The summed E-state index contributed by atoms with van der Waals surface area (Å²) in [5.74, 6) is 0.867. The van der Waals surface area contributed by atoms with Crippen molar-refractivity contribution < 1.29 is 4.42 Å². The maximum Gasteiger partial charge on any atom is 0.126 e. The number of hydrogen-bond acceptors (Lipinski definition) is 3. The number of aromatic nitrogens is 2. The van der Waals surface area contributed by atoms with Crippen molar-refractivity contribution in [2.45, 2.75) is 13.5 Å². The van der Waals surface area contributed by atoms with Crippen molar-refractivity contribution >= 4 is 11.8 Å². The predicted octanol–water partition coefficient (Wildman–Crippen LogP) is 2.62. The maximum absolute atomic E-state index is 5.18. The third-order valence-electron chi connectivity index (χ3n) is 2.21.